The molecule has 1 unspecified atom stereocenters. The van der Waals surface area contributed by atoms with Crippen LogP contribution in [-0.4, -0.2) is 17.0 Å². The molecule has 2 rings (SSSR count). The van der Waals surface area contributed by atoms with E-state index in [-0.39, 0.29) is 0 Å². The molecule has 1 aromatic carbocycles. The van der Waals surface area contributed by atoms with Crippen molar-refractivity contribution in [3.8, 4) is 0 Å². The maximum Gasteiger partial charge on any atom is 0.192 e. The minimum atomic E-state index is 0.426. The van der Waals surface area contributed by atoms with E-state index >= 15 is 0 Å². The summed E-state index contributed by atoms with van der Waals surface area (Å²) in [6.07, 6.45) is 4.78. The highest BCUT2D eigenvalue weighted by Gasteiger charge is 2.06. The van der Waals surface area contributed by atoms with Gasteiger partial charge in [-0.05, 0) is 55.4 Å². The summed E-state index contributed by atoms with van der Waals surface area (Å²) < 4.78 is 0. The van der Waals surface area contributed by atoms with E-state index in [0.29, 0.717) is 6.04 Å². The molecule has 1 atom stereocenters. The first-order valence-electron chi connectivity index (χ1n) is 6.46. The first-order valence-corrected chi connectivity index (χ1v) is 7.28. The quantitative estimate of drug-likeness (QED) is 0.845. The highest BCUT2D eigenvalue weighted by atomic mass is 32.2. The fraction of sp³-hybridized carbons (Fsp3) is 0.333. The van der Waals surface area contributed by atoms with Crippen LogP contribution in [0.25, 0.3) is 0 Å². The number of hydrogen-bond acceptors (Lipinski definition) is 4. The summed E-state index contributed by atoms with van der Waals surface area (Å²) >= 11 is 1.59. The van der Waals surface area contributed by atoms with Gasteiger partial charge in [-0.25, -0.2) is 9.97 Å². The topological polar surface area (TPSA) is 37.8 Å². The summed E-state index contributed by atoms with van der Waals surface area (Å²) in [5, 5.41) is 4.10. The summed E-state index contributed by atoms with van der Waals surface area (Å²) in [5.41, 5.74) is 2.40. The van der Waals surface area contributed by atoms with E-state index in [1.165, 1.54) is 10.5 Å². The third kappa shape index (κ3) is 3.78. The van der Waals surface area contributed by atoms with Gasteiger partial charge in [0.25, 0.3) is 0 Å². The molecule has 0 bridgehead atoms. The van der Waals surface area contributed by atoms with Gasteiger partial charge >= 0.3 is 0 Å². The number of nitrogens with one attached hydrogen (secondary N) is 1. The molecule has 0 aliphatic rings. The Labute approximate surface area is 118 Å². The van der Waals surface area contributed by atoms with Gasteiger partial charge in [0.1, 0.15) is 0 Å². The average molecular weight is 273 g/mol. The van der Waals surface area contributed by atoms with Crippen molar-refractivity contribution in [1.29, 1.82) is 0 Å². The van der Waals surface area contributed by atoms with Crippen molar-refractivity contribution in [3.63, 3.8) is 0 Å². The molecule has 100 valence electrons. The van der Waals surface area contributed by atoms with Crippen LogP contribution < -0.4 is 5.32 Å². The molecule has 4 heteroatoms. The van der Waals surface area contributed by atoms with Gasteiger partial charge in [-0.3, -0.25) is 0 Å². The van der Waals surface area contributed by atoms with Crippen molar-refractivity contribution in [1.82, 2.24) is 15.3 Å². The lowest BCUT2D eigenvalue weighted by Gasteiger charge is -2.14. The molecule has 0 saturated carbocycles. The lowest BCUT2D eigenvalue weighted by molar-refractivity contribution is 0.576. The second kappa shape index (κ2) is 6.68. The molecule has 0 fully saturated rings. The van der Waals surface area contributed by atoms with Crippen LogP contribution in [0.3, 0.4) is 0 Å². The SMILES string of the molecule is CCC(NC)c1ccc(Sc2ncc(C)cn2)cc1. The molecule has 0 aliphatic heterocycles. The number of nitrogens with zero attached hydrogens (tertiary/aromatic N) is 2. The van der Waals surface area contributed by atoms with E-state index in [0.717, 1.165) is 17.1 Å². The first-order chi connectivity index (χ1) is 9.22. The van der Waals surface area contributed by atoms with E-state index in [1.54, 1.807) is 11.8 Å². The van der Waals surface area contributed by atoms with E-state index in [4.69, 9.17) is 0 Å². The van der Waals surface area contributed by atoms with Gasteiger partial charge in [-0.2, -0.15) is 0 Å². The van der Waals surface area contributed by atoms with Crippen LogP contribution in [0.2, 0.25) is 0 Å². The monoisotopic (exact) mass is 273 g/mol. The Balaban J connectivity index is 2.08. The Bertz CT molecular complexity index is 504. The predicted octanol–water partition coefficient (Wildman–Crippen LogP) is 3.61. The van der Waals surface area contributed by atoms with Gasteiger partial charge in [-0.1, -0.05) is 19.1 Å². The average Bonchev–Trinajstić information content (AvgIpc) is 2.44. The summed E-state index contributed by atoms with van der Waals surface area (Å²) in [6.45, 7) is 4.18. The van der Waals surface area contributed by atoms with E-state index in [9.17, 15) is 0 Å². The van der Waals surface area contributed by atoms with Gasteiger partial charge in [0, 0.05) is 23.3 Å². The van der Waals surface area contributed by atoms with Gasteiger partial charge in [-0.15, -0.1) is 0 Å². The summed E-state index contributed by atoms with van der Waals surface area (Å²) in [6, 6.07) is 9.02. The van der Waals surface area contributed by atoms with Gasteiger partial charge in [0.05, 0.1) is 0 Å². The molecule has 1 heterocycles. The maximum absolute atomic E-state index is 4.30. The lowest BCUT2D eigenvalue weighted by atomic mass is 10.1. The molecule has 0 spiro atoms. The predicted molar refractivity (Wildman–Crippen MR) is 79.4 cm³/mol. The Morgan fingerprint density at radius 1 is 1.16 bits per heavy atom. The lowest BCUT2D eigenvalue weighted by Crippen LogP contribution is -2.14. The fourth-order valence-electron chi connectivity index (χ4n) is 1.91. The third-order valence-electron chi connectivity index (χ3n) is 3.01. The molecule has 0 saturated heterocycles. The molecule has 0 radical (unpaired) electrons. The Kier molecular flexibility index (Phi) is 4.93. The van der Waals surface area contributed by atoms with Crippen molar-refractivity contribution in [2.45, 2.75) is 36.4 Å². The highest BCUT2D eigenvalue weighted by molar-refractivity contribution is 7.99. The summed E-state index contributed by atoms with van der Waals surface area (Å²) in [7, 11) is 2.00. The normalized spacial score (nSPS) is 12.4. The highest BCUT2D eigenvalue weighted by Crippen LogP contribution is 2.26. The van der Waals surface area contributed by atoms with Crippen LogP contribution in [-0.2, 0) is 0 Å². The number of hydrogen-bond donors (Lipinski definition) is 1. The molecule has 0 aliphatic carbocycles. The van der Waals surface area contributed by atoms with Crippen molar-refractivity contribution in [2.75, 3.05) is 7.05 Å². The smallest absolute Gasteiger partial charge is 0.192 e. The maximum atomic E-state index is 4.30. The van der Waals surface area contributed by atoms with Crippen molar-refractivity contribution >= 4 is 11.8 Å². The van der Waals surface area contributed by atoms with Crippen LogP contribution >= 0.6 is 11.8 Å². The minimum absolute atomic E-state index is 0.426. The second-order valence-electron chi connectivity index (χ2n) is 4.46. The summed E-state index contributed by atoms with van der Waals surface area (Å²) in [4.78, 5) is 9.77. The van der Waals surface area contributed by atoms with Crippen LogP contribution in [0.15, 0.2) is 46.7 Å². The van der Waals surface area contributed by atoms with Crippen LogP contribution in [0, 0.1) is 6.92 Å². The number of rotatable bonds is 5. The van der Waals surface area contributed by atoms with Crippen molar-refractivity contribution < 1.29 is 0 Å². The Morgan fingerprint density at radius 3 is 2.32 bits per heavy atom. The van der Waals surface area contributed by atoms with E-state index < -0.39 is 0 Å². The summed E-state index contributed by atoms with van der Waals surface area (Å²) in [5.74, 6) is 0. The Morgan fingerprint density at radius 2 is 1.79 bits per heavy atom. The van der Waals surface area contributed by atoms with Gasteiger partial charge in [0.15, 0.2) is 5.16 Å². The number of benzene rings is 1. The van der Waals surface area contributed by atoms with Crippen molar-refractivity contribution in [3.05, 3.63) is 47.8 Å². The number of aromatic nitrogens is 2. The van der Waals surface area contributed by atoms with Gasteiger partial charge < -0.3 is 5.32 Å². The molecule has 1 aromatic heterocycles. The van der Waals surface area contributed by atoms with Crippen LogP contribution in [0.4, 0.5) is 0 Å². The molecular weight excluding hydrogens is 254 g/mol. The first kappa shape index (κ1) is 14.0. The largest absolute Gasteiger partial charge is 0.313 e. The molecule has 3 nitrogen and oxygen atoms in total. The minimum Gasteiger partial charge on any atom is -0.313 e. The Hall–Kier alpha value is -1.39. The van der Waals surface area contributed by atoms with Crippen LogP contribution in [0.5, 0.6) is 0 Å². The standard InChI is InChI=1S/C15H19N3S/c1-4-14(16-3)12-5-7-13(8-6-12)19-15-17-9-11(2)10-18-15/h5-10,14,16H,4H2,1-3H3. The zero-order chi connectivity index (χ0) is 13.7. The molecule has 1 N–H and O–H groups in total. The molecule has 2 aromatic rings. The zero-order valence-electron chi connectivity index (χ0n) is 11.6. The second-order valence-corrected chi connectivity index (χ2v) is 5.50. The van der Waals surface area contributed by atoms with Crippen LogP contribution in [0.1, 0.15) is 30.5 Å². The van der Waals surface area contributed by atoms with Crippen molar-refractivity contribution in [2.24, 2.45) is 0 Å². The third-order valence-corrected chi connectivity index (χ3v) is 3.91. The van der Waals surface area contributed by atoms with E-state index in [2.05, 4.69) is 46.5 Å². The number of aryl methyl sites for hydroxylation is 1. The van der Waals surface area contributed by atoms with Gasteiger partial charge in [0.2, 0.25) is 0 Å². The van der Waals surface area contributed by atoms with E-state index in [1.807, 2.05) is 26.4 Å². The molecule has 19 heavy (non-hydrogen) atoms. The molecular formula is C15H19N3S. The fourth-order valence-corrected chi connectivity index (χ4v) is 2.61. The zero-order valence-corrected chi connectivity index (χ0v) is 12.4. The molecule has 0 amide bonds.